The Labute approximate surface area is 147 Å². The SMILES string of the molecule is COCCc1nc2cc(NC(=O)CCC3CCNC3)ccc2o1.Cl. The lowest BCUT2D eigenvalue weighted by Gasteiger charge is -2.08. The van der Waals surface area contributed by atoms with Crippen molar-refractivity contribution in [2.75, 3.05) is 32.1 Å². The van der Waals surface area contributed by atoms with Crippen LogP contribution in [-0.4, -0.2) is 37.7 Å². The molecule has 0 saturated carbocycles. The number of hydrogen-bond donors (Lipinski definition) is 2. The van der Waals surface area contributed by atoms with Crippen LogP contribution in [0.25, 0.3) is 11.1 Å². The van der Waals surface area contributed by atoms with E-state index < -0.39 is 0 Å². The fourth-order valence-corrected chi connectivity index (χ4v) is 2.87. The number of benzene rings is 1. The van der Waals surface area contributed by atoms with Gasteiger partial charge in [0.05, 0.1) is 6.61 Å². The number of amides is 1. The zero-order valence-corrected chi connectivity index (χ0v) is 14.7. The summed E-state index contributed by atoms with van der Waals surface area (Å²) < 4.78 is 10.7. The van der Waals surface area contributed by atoms with E-state index in [1.165, 1.54) is 6.42 Å². The first-order valence-electron chi connectivity index (χ1n) is 8.13. The molecule has 0 bridgehead atoms. The smallest absolute Gasteiger partial charge is 0.224 e. The predicted octanol–water partition coefficient (Wildman–Crippen LogP) is 2.77. The highest BCUT2D eigenvalue weighted by atomic mass is 35.5. The van der Waals surface area contributed by atoms with Crippen molar-refractivity contribution >= 4 is 35.1 Å². The van der Waals surface area contributed by atoms with Gasteiger partial charge in [0, 0.05) is 25.6 Å². The lowest BCUT2D eigenvalue weighted by atomic mass is 10.0. The fraction of sp³-hybridized carbons (Fsp3) is 0.529. The Balaban J connectivity index is 0.00000208. The van der Waals surface area contributed by atoms with Crippen molar-refractivity contribution in [3.05, 3.63) is 24.1 Å². The standard InChI is InChI=1S/C17H23N3O3.ClH/c1-22-9-7-17-20-14-10-13(3-4-15(14)23-17)19-16(21)5-2-12-6-8-18-11-12;/h3-4,10,12,18H,2,5-9,11H2,1H3,(H,19,21);1H. The van der Waals surface area contributed by atoms with Gasteiger partial charge in [0.2, 0.25) is 5.91 Å². The number of halogens is 1. The molecule has 2 N–H and O–H groups in total. The summed E-state index contributed by atoms with van der Waals surface area (Å²) in [6, 6.07) is 5.54. The first-order chi connectivity index (χ1) is 11.2. The first-order valence-corrected chi connectivity index (χ1v) is 8.13. The average molecular weight is 354 g/mol. The van der Waals surface area contributed by atoms with E-state index in [0.29, 0.717) is 31.3 Å². The van der Waals surface area contributed by atoms with Gasteiger partial charge in [0.15, 0.2) is 11.5 Å². The third-order valence-corrected chi connectivity index (χ3v) is 4.18. The Morgan fingerprint density at radius 3 is 3.12 bits per heavy atom. The lowest BCUT2D eigenvalue weighted by Crippen LogP contribution is -2.14. The van der Waals surface area contributed by atoms with E-state index in [9.17, 15) is 4.79 Å². The molecule has 2 aromatic rings. The molecule has 0 spiro atoms. The van der Waals surface area contributed by atoms with Crippen LogP contribution in [0.15, 0.2) is 22.6 Å². The summed E-state index contributed by atoms with van der Waals surface area (Å²) in [5.41, 5.74) is 2.25. The Bertz CT molecular complexity index is 668. The van der Waals surface area contributed by atoms with Crippen molar-refractivity contribution in [2.24, 2.45) is 5.92 Å². The number of ether oxygens (including phenoxy) is 1. The number of anilines is 1. The topological polar surface area (TPSA) is 76.4 Å². The van der Waals surface area contributed by atoms with Gasteiger partial charge >= 0.3 is 0 Å². The van der Waals surface area contributed by atoms with Crippen LogP contribution < -0.4 is 10.6 Å². The van der Waals surface area contributed by atoms with Gasteiger partial charge in [-0.3, -0.25) is 4.79 Å². The van der Waals surface area contributed by atoms with E-state index in [1.807, 2.05) is 18.2 Å². The molecule has 1 amide bonds. The maximum Gasteiger partial charge on any atom is 0.224 e. The third kappa shape index (κ3) is 4.93. The number of oxazole rings is 1. The Morgan fingerprint density at radius 2 is 2.38 bits per heavy atom. The molecular formula is C17H24ClN3O3. The van der Waals surface area contributed by atoms with Gasteiger partial charge in [0.1, 0.15) is 5.52 Å². The molecule has 3 rings (SSSR count). The molecule has 1 fully saturated rings. The highest BCUT2D eigenvalue weighted by Gasteiger charge is 2.16. The molecule has 1 unspecified atom stereocenters. The zero-order chi connectivity index (χ0) is 16.1. The number of nitrogens with one attached hydrogen (secondary N) is 2. The van der Waals surface area contributed by atoms with Crippen molar-refractivity contribution in [3.63, 3.8) is 0 Å². The number of nitrogens with zero attached hydrogens (tertiary/aromatic N) is 1. The van der Waals surface area contributed by atoms with Crippen LogP contribution in [0.5, 0.6) is 0 Å². The maximum atomic E-state index is 12.1. The van der Waals surface area contributed by atoms with Crippen molar-refractivity contribution in [2.45, 2.75) is 25.7 Å². The highest BCUT2D eigenvalue weighted by Crippen LogP contribution is 2.21. The van der Waals surface area contributed by atoms with Gasteiger partial charge in [-0.15, -0.1) is 12.4 Å². The predicted molar refractivity (Wildman–Crippen MR) is 95.7 cm³/mol. The second kappa shape index (κ2) is 9.01. The van der Waals surface area contributed by atoms with Gasteiger partial charge in [-0.25, -0.2) is 4.98 Å². The minimum atomic E-state index is 0. The van der Waals surface area contributed by atoms with Crippen molar-refractivity contribution in [1.29, 1.82) is 0 Å². The molecule has 132 valence electrons. The van der Waals surface area contributed by atoms with E-state index >= 15 is 0 Å². The molecule has 1 aromatic heterocycles. The monoisotopic (exact) mass is 353 g/mol. The average Bonchev–Trinajstić information content (AvgIpc) is 3.19. The Kier molecular flexibility index (Phi) is 7.02. The molecule has 7 heteroatoms. The lowest BCUT2D eigenvalue weighted by molar-refractivity contribution is -0.116. The van der Waals surface area contributed by atoms with Crippen LogP contribution in [0.3, 0.4) is 0 Å². The summed E-state index contributed by atoms with van der Waals surface area (Å²) in [5, 5.41) is 6.27. The van der Waals surface area contributed by atoms with E-state index in [2.05, 4.69) is 15.6 Å². The number of carbonyl (C=O) groups is 1. The second-order valence-corrected chi connectivity index (χ2v) is 5.98. The molecular weight excluding hydrogens is 330 g/mol. The largest absolute Gasteiger partial charge is 0.441 e. The number of aromatic nitrogens is 1. The molecule has 1 aliphatic rings. The fourth-order valence-electron chi connectivity index (χ4n) is 2.87. The van der Waals surface area contributed by atoms with Gasteiger partial charge < -0.3 is 19.8 Å². The molecule has 0 radical (unpaired) electrons. The summed E-state index contributed by atoms with van der Waals surface area (Å²) in [7, 11) is 1.65. The van der Waals surface area contributed by atoms with Gasteiger partial charge in [-0.1, -0.05) is 0 Å². The number of carbonyl (C=O) groups excluding carboxylic acids is 1. The van der Waals surface area contributed by atoms with Crippen molar-refractivity contribution < 1.29 is 13.9 Å². The van der Waals surface area contributed by atoms with E-state index in [0.717, 1.165) is 36.3 Å². The molecule has 1 saturated heterocycles. The Hall–Kier alpha value is -1.63. The summed E-state index contributed by atoms with van der Waals surface area (Å²) in [6.45, 7) is 2.68. The summed E-state index contributed by atoms with van der Waals surface area (Å²) in [4.78, 5) is 16.5. The van der Waals surface area contributed by atoms with E-state index in [4.69, 9.17) is 9.15 Å². The number of methoxy groups -OCH3 is 1. The number of fused-ring (bicyclic) bond motifs is 1. The van der Waals surface area contributed by atoms with Gasteiger partial charge in [-0.05, 0) is 50.0 Å². The van der Waals surface area contributed by atoms with Crippen LogP contribution in [0.2, 0.25) is 0 Å². The van der Waals surface area contributed by atoms with Crippen LogP contribution in [0.4, 0.5) is 5.69 Å². The quantitative estimate of drug-likeness (QED) is 0.800. The normalized spacial score (nSPS) is 17.0. The first kappa shape index (κ1) is 18.7. The summed E-state index contributed by atoms with van der Waals surface area (Å²) in [6.07, 6.45) is 3.30. The van der Waals surface area contributed by atoms with Crippen molar-refractivity contribution in [1.82, 2.24) is 10.3 Å². The molecule has 1 aliphatic heterocycles. The van der Waals surface area contributed by atoms with Crippen LogP contribution >= 0.6 is 12.4 Å². The summed E-state index contributed by atoms with van der Waals surface area (Å²) >= 11 is 0. The third-order valence-electron chi connectivity index (χ3n) is 4.18. The Morgan fingerprint density at radius 1 is 1.50 bits per heavy atom. The zero-order valence-electron chi connectivity index (χ0n) is 13.8. The minimum Gasteiger partial charge on any atom is -0.441 e. The molecule has 2 heterocycles. The second-order valence-electron chi connectivity index (χ2n) is 5.98. The van der Waals surface area contributed by atoms with E-state index in [1.54, 1.807) is 7.11 Å². The van der Waals surface area contributed by atoms with Crippen LogP contribution in [0.1, 0.15) is 25.2 Å². The van der Waals surface area contributed by atoms with Crippen LogP contribution in [0, 0.1) is 5.92 Å². The van der Waals surface area contributed by atoms with Gasteiger partial charge in [-0.2, -0.15) is 0 Å². The molecule has 1 atom stereocenters. The molecule has 6 nitrogen and oxygen atoms in total. The molecule has 1 aromatic carbocycles. The molecule has 0 aliphatic carbocycles. The van der Waals surface area contributed by atoms with Crippen LogP contribution in [-0.2, 0) is 16.0 Å². The minimum absolute atomic E-state index is 0. The molecule has 24 heavy (non-hydrogen) atoms. The maximum absolute atomic E-state index is 12.1. The van der Waals surface area contributed by atoms with E-state index in [-0.39, 0.29) is 18.3 Å². The number of rotatable bonds is 7. The highest BCUT2D eigenvalue weighted by molar-refractivity contribution is 5.92. The summed E-state index contributed by atoms with van der Waals surface area (Å²) in [5.74, 6) is 1.33. The van der Waals surface area contributed by atoms with Crippen molar-refractivity contribution in [3.8, 4) is 0 Å². The number of hydrogen-bond acceptors (Lipinski definition) is 5. The van der Waals surface area contributed by atoms with Gasteiger partial charge in [0.25, 0.3) is 0 Å².